The van der Waals surface area contributed by atoms with E-state index in [2.05, 4.69) is 20.6 Å². The molecule has 1 aromatic carbocycles. The van der Waals surface area contributed by atoms with E-state index in [0.717, 1.165) is 24.2 Å². The van der Waals surface area contributed by atoms with E-state index >= 15 is 0 Å². The van der Waals surface area contributed by atoms with Gasteiger partial charge in [0.25, 0.3) is 5.91 Å². The molecule has 22 heavy (non-hydrogen) atoms. The molecule has 0 atom stereocenters. The predicted octanol–water partition coefficient (Wildman–Crippen LogP) is 1.99. The highest BCUT2D eigenvalue weighted by Gasteiger charge is 2.22. The molecule has 0 bridgehead atoms. The van der Waals surface area contributed by atoms with Crippen LogP contribution in [0.4, 0.5) is 5.95 Å². The molecule has 6 heteroatoms. The van der Waals surface area contributed by atoms with Crippen LogP contribution in [0, 0.1) is 0 Å². The minimum absolute atomic E-state index is 0.211. The average Bonchev–Trinajstić information content (AvgIpc) is 3.37. The third kappa shape index (κ3) is 3.72. The maximum absolute atomic E-state index is 12.1. The lowest BCUT2D eigenvalue weighted by Gasteiger charge is -2.07. The van der Waals surface area contributed by atoms with Crippen molar-refractivity contribution in [2.75, 3.05) is 12.4 Å². The number of benzene rings is 1. The molecule has 1 heterocycles. The Balaban J connectivity index is 1.58. The van der Waals surface area contributed by atoms with Gasteiger partial charge in [-0.05, 0) is 36.6 Å². The molecule has 0 radical (unpaired) electrons. The van der Waals surface area contributed by atoms with Crippen LogP contribution in [0.25, 0.3) is 0 Å². The van der Waals surface area contributed by atoms with Gasteiger partial charge in [0.2, 0.25) is 5.95 Å². The highest BCUT2D eigenvalue weighted by atomic mass is 16.5. The highest BCUT2D eigenvalue weighted by Crippen LogP contribution is 2.22. The van der Waals surface area contributed by atoms with E-state index in [1.54, 1.807) is 19.4 Å². The van der Waals surface area contributed by atoms with Gasteiger partial charge in [-0.15, -0.1) is 0 Å². The summed E-state index contributed by atoms with van der Waals surface area (Å²) in [5.74, 6) is 1.10. The number of anilines is 1. The lowest BCUT2D eigenvalue weighted by Crippen LogP contribution is -2.24. The zero-order valence-corrected chi connectivity index (χ0v) is 12.4. The summed E-state index contributed by atoms with van der Waals surface area (Å²) >= 11 is 0. The molecule has 0 unspecified atom stereocenters. The Morgan fingerprint density at radius 1 is 1.27 bits per heavy atom. The summed E-state index contributed by atoms with van der Waals surface area (Å²) in [5.41, 5.74) is 1.37. The molecule has 1 fully saturated rings. The number of ether oxygens (including phenoxy) is 1. The molecule has 1 amide bonds. The van der Waals surface area contributed by atoms with Gasteiger partial charge in [-0.2, -0.15) is 0 Å². The second-order valence-corrected chi connectivity index (χ2v) is 5.21. The van der Waals surface area contributed by atoms with E-state index in [4.69, 9.17) is 4.74 Å². The monoisotopic (exact) mass is 298 g/mol. The molecule has 0 saturated heterocycles. The molecule has 1 saturated carbocycles. The number of hydrogen-bond acceptors (Lipinski definition) is 5. The van der Waals surface area contributed by atoms with E-state index in [1.165, 1.54) is 0 Å². The Kier molecular flexibility index (Phi) is 4.18. The molecule has 2 aromatic rings. The normalized spacial score (nSPS) is 13.5. The van der Waals surface area contributed by atoms with Crippen molar-refractivity contribution in [2.24, 2.45) is 0 Å². The van der Waals surface area contributed by atoms with Gasteiger partial charge in [0.15, 0.2) is 0 Å². The van der Waals surface area contributed by atoms with Crippen LogP contribution < -0.4 is 15.4 Å². The molecule has 0 aliphatic heterocycles. The van der Waals surface area contributed by atoms with Crippen LogP contribution in [-0.2, 0) is 6.54 Å². The van der Waals surface area contributed by atoms with Crippen LogP contribution in [0.1, 0.15) is 28.9 Å². The Labute approximate surface area is 128 Å². The van der Waals surface area contributed by atoms with E-state index in [1.807, 2.05) is 24.3 Å². The first-order valence-corrected chi connectivity index (χ1v) is 7.25. The van der Waals surface area contributed by atoms with Crippen molar-refractivity contribution in [3.63, 3.8) is 0 Å². The van der Waals surface area contributed by atoms with E-state index in [0.29, 0.717) is 24.2 Å². The van der Waals surface area contributed by atoms with Crippen LogP contribution in [0.3, 0.4) is 0 Å². The maximum Gasteiger partial charge on any atom is 0.270 e. The minimum atomic E-state index is -0.211. The number of carbonyl (C=O) groups excluding carboxylic acids is 1. The van der Waals surface area contributed by atoms with E-state index < -0.39 is 0 Å². The highest BCUT2D eigenvalue weighted by molar-refractivity contribution is 5.92. The smallest absolute Gasteiger partial charge is 0.270 e. The Hall–Kier alpha value is -2.63. The lowest BCUT2D eigenvalue weighted by atomic mass is 10.2. The Morgan fingerprint density at radius 3 is 2.73 bits per heavy atom. The molecule has 6 nitrogen and oxygen atoms in total. The maximum atomic E-state index is 12.1. The summed E-state index contributed by atoms with van der Waals surface area (Å²) in [6.45, 7) is 0.443. The van der Waals surface area contributed by atoms with Gasteiger partial charge < -0.3 is 15.4 Å². The Bertz CT molecular complexity index is 653. The van der Waals surface area contributed by atoms with Crippen molar-refractivity contribution in [3.05, 3.63) is 47.8 Å². The van der Waals surface area contributed by atoms with Gasteiger partial charge >= 0.3 is 0 Å². The number of methoxy groups -OCH3 is 1. The summed E-state index contributed by atoms with van der Waals surface area (Å²) in [6, 6.07) is 9.63. The van der Waals surface area contributed by atoms with Crippen molar-refractivity contribution < 1.29 is 9.53 Å². The first kappa shape index (κ1) is 14.3. The first-order chi connectivity index (χ1) is 10.7. The van der Waals surface area contributed by atoms with Gasteiger partial charge in [-0.3, -0.25) is 4.79 Å². The average molecular weight is 298 g/mol. The topological polar surface area (TPSA) is 76.1 Å². The standard InChI is InChI=1S/C16H18N4O2/c1-22-13-6-2-11(3-7-13)10-18-15(21)14-8-9-17-16(20-14)19-12-4-5-12/h2-3,6-9,12H,4-5,10H2,1H3,(H,18,21)(H,17,19,20). The summed E-state index contributed by atoms with van der Waals surface area (Å²) in [7, 11) is 1.62. The fourth-order valence-electron chi connectivity index (χ4n) is 1.98. The number of rotatable bonds is 6. The van der Waals surface area contributed by atoms with E-state index in [9.17, 15) is 4.79 Å². The molecular weight excluding hydrogens is 280 g/mol. The summed E-state index contributed by atoms with van der Waals surface area (Å²) in [5, 5.41) is 6.03. The minimum Gasteiger partial charge on any atom is -0.497 e. The van der Waals surface area contributed by atoms with E-state index in [-0.39, 0.29) is 5.91 Å². The number of hydrogen-bond donors (Lipinski definition) is 2. The molecule has 1 aliphatic carbocycles. The second kappa shape index (κ2) is 6.43. The molecule has 1 aliphatic rings. The van der Waals surface area contributed by atoms with Gasteiger partial charge in [-0.1, -0.05) is 12.1 Å². The zero-order valence-electron chi connectivity index (χ0n) is 12.4. The molecule has 2 N–H and O–H groups in total. The number of aromatic nitrogens is 2. The largest absolute Gasteiger partial charge is 0.497 e. The van der Waals surface area contributed by atoms with Crippen molar-refractivity contribution in [1.82, 2.24) is 15.3 Å². The van der Waals surface area contributed by atoms with Crippen LogP contribution in [0.2, 0.25) is 0 Å². The van der Waals surface area contributed by atoms with Crippen LogP contribution in [0.5, 0.6) is 5.75 Å². The zero-order chi connectivity index (χ0) is 15.4. The summed E-state index contributed by atoms with van der Waals surface area (Å²) in [6.07, 6.45) is 3.87. The third-order valence-corrected chi connectivity index (χ3v) is 3.41. The second-order valence-electron chi connectivity index (χ2n) is 5.21. The third-order valence-electron chi connectivity index (χ3n) is 3.41. The summed E-state index contributed by atoms with van der Waals surface area (Å²) in [4.78, 5) is 20.5. The lowest BCUT2D eigenvalue weighted by molar-refractivity contribution is 0.0946. The summed E-state index contributed by atoms with van der Waals surface area (Å²) < 4.78 is 5.10. The van der Waals surface area contributed by atoms with Gasteiger partial charge in [0.05, 0.1) is 7.11 Å². The molecular formula is C16H18N4O2. The first-order valence-electron chi connectivity index (χ1n) is 7.25. The molecule has 3 rings (SSSR count). The van der Waals surface area contributed by atoms with Gasteiger partial charge in [0.1, 0.15) is 11.4 Å². The van der Waals surface area contributed by atoms with Crippen molar-refractivity contribution in [2.45, 2.75) is 25.4 Å². The fraction of sp³-hybridized carbons (Fsp3) is 0.312. The van der Waals surface area contributed by atoms with Crippen LogP contribution in [-0.4, -0.2) is 29.0 Å². The number of nitrogens with one attached hydrogen (secondary N) is 2. The predicted molar refractivity (Wildman–Crippen MR) is 82.8 cm³/mol. The fourth-order valence-corrected chi connectivity index (χ4v) is 1.98. The number of amides is 1. The molecule has 1 aromatic heterocycles. The van der Waals surface area contributed by atoms with Gasteiger partial charge in [-0.25, -0.2) is 9.97 Å². The van der Waals surface area contributed by atoms with Crippen molar-refractivity contribution >= 4 is 11.9 Å². The SMILES string of the molecule is COc1ccc(CNC(=O)c2ccnc(NC3CC3)n2)cc1. The quantitative estimate of drug-likeness (QED) is 0.853. The number of nitrogens with zero attached hydrogens (tertiary/aromatic N) is 2. The van der Waals surface area contributed by atoms with Crippen molar-refractivity contribution in [3.8, 4) is 5.75 Å². The van der Waals surface area contributed by atoms with Gasteiger partial charge in [0, 0.05) is 18.8 Å². The van der Waals surface area contributed by atoms with Crippen LogP contribution >= 0.6 is 0 Å². The molecule has 114 valence electrons. The Morgan fingerprint density at radius 2 is 2.05 bits per heavy atom. The number of carbonyl (C=O) groups is 1. The van der Waals surface area contributed by atoms with Crippen molar-refractivity contribution in [1.29, 1.82) is 0 Å². The molecule has 0 spiro atoms. The van der Waals surface area contributed by atoms with Crippen LogP contribution in [0.15, 0.2) is 36.5 Å².